The summed E-state index contributed by atoms with van der Waals surface area (Å²) in [4.78, 5) is 14.4. The summed E-state index contributed by atoms with van der Waals surface area (Å²) in [7, 11) is 3.71. The van der Waals surface area contributed by atoms with E-state index < -0.39 is 0 Å². The normalized spacial score (nSPS) is 25.8. The predicted molar refractivity (Wildman–Crippen MR) is 72.7 cm³/mol. The van der Waals surface area contributed by atoms with Crippen molar-refractivity contribution < 1.29 is 9.53 Å². The average Bonchev–Trinajstić information content (AvgIpc) is 2.83. The van der Waals surface area contributed by atoms with E-state index >= 15 is 0 Å². The van der Waals surface area contributed by atoms with Crippen LogP contribution in [0.15, 0.2) is 18.2 Å². The number of likely N-dealkylation sites (tertiary alicyclic amines) is 1. The van der Waals surface area contributed by atoms with Gasteiger partial charge in [-0.3, -0.25) is 4.79 Å². The number of likely N-dealkylation sites (N-methyl/N-ethyl adjacent to an activating group) is 1. The number of nitrogens with zero attached hydrogens (tertiary/aromatic N) is 1. The molecular formula is C13H17ClN2O2. The van der Waals surface area contributed by atoms with E-state index in [4.69, 9.17) is 4.74 Å². The van der Waals surface area contributed by atoms with Crippen molar-refractivity contribution in [1.82, 2.24) is 4.90 Å². The van der Waals surface area contributed by atoms with Gasteiger partial charge in [-0.1, -0.05) is 0 Å². The van der Waals surface area contributed by atoms with Gasteiger partial charge in [-0.2, -0.15) is 0 Å². The molecule has 1 amide bonds. The van der Waals surface area contributed by atoms with Gasteiger partial charge < -0.3 is 15.0 Å². The second kappa shape index (κ2) is 4.44. The Labute approximate surface area is 113 Å². The summed E-state index contributed by atoms with van der Waals surface area (Å²) in [6, 6.07) is 5.81. The van der Waals surface area contributed by atoms with E-state index in [1.54, 1.807) is 7.11 Å². The quantitative estimate of drug-likeness (QED) is 0.842. The number of ether oxygens (including phenoxy) is 1. The lowest BCUT2D eigenvalue weighted by molar-refractivity contribution is -0.120. The summed E-state index contributed by atoms with van der Waals surface area (Å²) >= 11 is 0. The summed E-state index contributed by atoms with van der Waals surface area (Å²) in [5.74, 6) is 0.944. The number of halogens is 1. The molecule has 0 aromatic heterocycles. The van der Waals surface area contributed by atoms with Crippen LogP contribution in [-0.2, 0) is 10.2 Å². The number of rotatable bonds is 1. The molecule has 1 atom stereocenters. The molecule has 0 aliphatic carbocycles. The second-order valence-corrected chi connectivity index (χ2v) is 4.94. The number of benzene rings is 1. The van der Waals surface area contributed by atoms with E-state index in [1.165, 1.54) is 0 Å². The van der Waals surface area contributed by atoms with Crippen molar-refractivity contribution in [3.63, 3.8) is 0 Å². The molecule has 2 heterocycles. The van der Waals surface area contributed by atoms with Crippen molar-refractivity contribution in [2.75, 3.05) is 32.6 Å². The number of hydrogen-bond acceptors (Lipinski definition) is 3. The Morgan fingerprint density at radius 1 is 1.44 bits per heavy atom. The van der Waals surface area contributed by atoms with Gasteiger partial charge in [-0.25, -0.2) is 0 Å². The van der Waals surface area contributed by atoms with Crippen LogP contribution in [0.25, 0.3) is 0 Å². The largest absolute Gasteiger partial charge is 0.497 e. The maximum atomic E-state index is 12.2. The van der Waals surface area contributed by atoms with Crippen LogP contribution in [0.1, 0.15) is 12.0 Å². The van der Waals surface area contributed by atoms with Crippen LogP contribution in [0, 0.1) is 0 Å². The Balaban J connectivity index is 0.00000120. The highest BCUT2D eigenvalue weighted by Gasteiger charge is 2.50. The summed E-state index contributed by atoms with van der Waals surface area (Å²) in [6.07, 6.45) is 0.884. The Morgan fingerprint density at radius 2 is 2.22 bits per heavy atom. The molecule has 0 saturated carbocycles. The first-order valence-corrected chi connectivity index (χ1v) is 5.84. The maximum absolute atomic E-state index is 12.2. The van der Waals surface area contributed by atoms with Crippen LogP contribution in [0.4, 0.5) is 5.69 Å². The topological polar surface area (TPSA) is 41.6 Å². The lowest BCUT2D eigenvalue weighted by Gasteiger charge is -2.21. The number of carbonyl (C=O) groups is 1. The number of anilines is 1. The third kappa shape index (κ3) is 1.68. The Morgan fingerprint density at radius 3 is 2.83 bits per heavy atom. The standard InChI is InChI=1S/C13H16N2O2.ClH/c1-15-6-5-13(8-15)10-7-9(17-2)3-4-11(10)14-12(13)16;/h3-4,7H,5-6,8H2,1-2H3,(H,14,16);1H/t13-;/m0./s1. The fourth-order valence-electron chi connectivity index (χ4n) is 2.93. The molecule has 3 rings (SSSR count). The highest BCUT2D eigenvalue weighted by molar-refractivity contribution is 6.06. The molecule has 1 saturated heterocycles. The highest BCUT2D eigenvalue weighted by Crippen LogP contribution is 2.45. The van der Waals surface area contributed by atoms with Gasteiger partial charge in [-0.15, -0.1) is 12.4 Å². The molecule has 1 N–H and O–H groups in total. The average molecular weight is 269 g/mol. The lowest BCUT2D eigenvalue weighted by atomic mass is 9.81. The molecule has 0 bridgehead atoms. The fraction of sp³-hybridized carbons (Fsp3) is 0.462. The predicted octanol–water partition coefficient (Wildman–Crippen LogP) is 1.64. The molecule has 4 nitrogen and oxygen atoms in total. The van der Waals surface area contributed by atoms with Gasteiger partial charge >= 0.3 is 0 Å². The van der Waals surface area contributed by atoms with Crippen LogP contribution >= 0.6 is 12.4 Å². The molecule has 1 fully saturated rings. The zero-order chi connectivity index (χ0) is 12.0. The molecule has 2 aliphatic rings. The van der Waals surface area contributed by atoms with Crippen molar-refractivity contribution in [2.24, 2.45) is 0 Å². The third-order valence-corrected chi connectivity index (χ3v) is 3.89. The van der Waals surface area contributed by atoms with E-state index in [9.17, 15) is 4.79 Å². The first kappa shape index (κ1) is 13.2. The minimum atomic E-state index is -0.362. The van der Waals surface area contributed by atoms with Gasteiger partial charge in [-0.05, 0) is 43.8 Å². The number of hydrogen-bond donors (Lipinski definition) is 1. The Bertz CT molecular complexity index is 492. The molecule has 1 aromatic rings. The van der Waals surface area contributed by atoms with E-state index in [0.717, 1.165) is 36.5 Å². The summed E-state index contributed by atoms with van der Waals surface area (Å²) < 4.78 is 5.25. The monoisotopic (exact) mass is 268 g/mol. The van der Waals surface area contributed by atoms with Crippen LogP contribution in [0.5, 0.6) is 5.75 Å². The number of amides is 1. The first-order chi connectivity index (χ1) is 8.15. The number of carbonyl (C=O) groups excluding carboxylic acids is 1. The van der Waals surface area contributed by atoms with Gasteiger partial charge in [0.05, 0.1) is 12.5 Å². The summed E-state index contributed by atoms with van der Waals surface area (Å²) in [6.45, 7) is 1.75. The van der Waals surface area contributed by atoms with Crippen LogP contribution < -0.4 is 10.1 Å². The van der Waals surface area contributed by atoms with E-state index in [-0.39, 0.29) is 23.7 Å². The van der Waals surface area contributed by atoms with E-state index in [2.05, 4.69) is 17.3 Å². The van der Waals surface area contributed by atoms with Gasteiger partial charge in [0, 0.05) is 12.2 Å². The van der Waals surface area contributed by atoms with Crippen molar-refractivity contribution >= 4 is 24.0 Å². The molecule has 0 unspecified atom stereocenters. The second-order valence-electron chi connectivity index (χ2n) is 4.94. The molecule has 18 heavy (non-hydrogen) atoms. The Kier molecular flexibility index (Phi) is 3.25. The highest BCUT2D eigenvalue weighted by atomic mass is 35.5. The maximum Gasteiger partial charge on any atom is 0.236 e. The molecule has 1 aromatic carbocycles. The SMILES string of the molecule is COc1ccc2c(c1)[C@@]1(CCN(C)C1)C(=O)N2.Cl. The van der Waals surface area contributed by atoms with Crippen molar-refractivity contribution in [3.8, 4) is 5.75 Å². The van der Waals surface area contributed by atoms with E-state index in [1.807, 2.05) is 18.2 Å². The minimum Gasteiger partial charge on any atom is -0.497 e. The first-order valence-electron chi connectivity index (χ1n) is 5.84. The van der Waals surface area contributed by atoms with Crippen LogP contribution in [0.3, 0.4) is 0 Å². The van der Waals surface area contributed by atoms with Crippen molar-refractivity contribution in [3.05, 3.63) is 23.8 Å². The molecule has 2 aliphatic heterocycles. The van der Waals surface area contributed by atoms with E-state index in [0.29, 0.717) is 0 Å². The zero-order valence-corrected chi connectivity index (χ0v) is 11.3. The van der Waals surface area contributed by atoms with Gasteiger partial charge in [0.25, 0.3) is 0 Å². The number of methoxy groups -OCH3 is 1. The number of fused-ring (bicyclic) bond motifs is 2. The van der Waals surface area contributed by atoms with Crippen LogP contribution in [0.2, 0.25) is 0 Å². The molecular weight excluding hydrogens is 252 g/mol. The zero-order valence-electron chi connectivity index (χ0n) is 10.5. The fourth-order valence-corrected chi connectivity index (χ4v) is 2.93. The lowest BCUT2D eigenvalue weighted by Crippen LogP contribution is -2.36. The van der Waals surface area contributed by atoms with Crippen molar-refractivity contribution in [1.29, 1.82) is 0 Å². The molecule has 5 heteroatoms. The summed E-state index contributed by atoms with van der Waals surface area (Å²) in [5, 5.41) is 2.98. The van der Waals surface area contributed by atoms with Gasteiger partial charge in [0.2, 0.25) is 5.91 Å². The Hall–Kier alpha value is -1.26. The summed E-state index contributed by atoms with van der Waals surface area (Å²) in [5.41, 5.74) is 1.66. The smallest absolute Gasteiger partial charge is 0.236 e. The molecule has 1 spiro atoms. The van der Waals surface area contributed by atoms with Crippen molar-refractivity contribution in [2.45, 2.75) is 11.8 Å². The molecule has 98 valence electrons. The molecule has 0 radical (unpaired) electrons. The number of nitrogens with one attached hydrogen (secondary N) is 1. The van der Waals surface area contributed by atoms with Crippen LogP contribution in [-0.4, -0.2) is 38.1 Å². The minimum absolute atomic E-state index is 0. The third-order valence-electron chi connectivity index (χ3n) is 3.89. The van der Waals surface area contributed by atoms with Gasteiger partial charge in [0.15, 0.2) is 0 Å². The van der Waals surface area contributed by atoms with Gasteiger partial charge in [0.1, 0.15) is 5.75 Å².